The first-order valence-corrected chi connectivity index (χ1v) is 11.1. The molecule has 0 radical (unpaired) electrons. The summed E-state index contributed by atoms with van der Waals surface area (Å²) in [6.45, 7) is 6.29. The van der Waals surface area contributed by atoms with Crippen LogP contribution in [0.4, 0.5) is 0 Å². The minimum absolute atomic E-state index is 0.111. The lowest BCUT2D eigenvalue weighted by Crippen LogP contribution is -2.49. The summed E-state index contributed by atoms with van der Waals surface area (Å²) in [6.07, 6.45) is 4.65. The van der Waals surface area contributed by atoms with E-state index in [1.54, 1.807) is 0 Å². The maximum absolute atomic E-state index is 12.9. The molecule has 3 heterocycles. The lowest BCUT2D eigenvalue weighted by molar-refractivity contribution is -0.130. The molecule has 1 aromatic carbocycles. The molecule has 0 spiro atoms. The van der Waals surface area contributed by atoms with Gasteiger partial charge >= 0.3 is 0 Å². The average molecular weight is 399 g/mol. The van der Waals surface area contributed by atoms with Gasteiger partial charge in [-0.15, -0.1) is 0 Å². The first-order chi connectivity index (χ1) is 14.0. The smallest absolute Gasteiger partial charge is 0.239 e. The fourth-order valence-corrected chi connectivity index (χ4v) is 5.17. The number of hydrogen-bond acceptors (Lipinski definition) is 4. The molecule has 3 unspecified atom stereocenters. The number of nitrogens with zero attached hydrogens (tertiary/aromatic N) is 3. The molecular weight excluding hydrogens is 364 g/mol. The van der Waals surface area contributed by atoms with Crippen molar-refractivity contribution >= 4 is 11.8 Å². The van der Waals surface area contributed by atoms with Gasteiger partial charge in [-0.05, 0) is 45.2 Å². The Kier molecular flexibility index (Phi) is 6.20. The quantitative estimate of drug-likeness (QED) is 0.821. The van der Waals surface area contributed by atoms with Crippen LogP contribution in [0.15, 0.2) is 24.3 Å². The summed E-state index contributed by atoms with van der Waals surface area (Å²) in [7, 11) is 2.14. The van der Waals surface area contributed by atoms with E-state index in [2.05, 4.69) is 53.4 Å². The van der Waals surface area contributed by atoms with Gasteiger partial charge in [0, 0.05) is 51.2 Å². The predicted molar refractivity (Wildman–Crippen MR) is 113 cm³/mol. The monoisotopic (exact) mass is 398 g/mol. The molecule has 4 rings (SSSR count). The molecule has 0 bridgehead atoms. The van der Waals surface area contributed by atoms with Gasteiger partial charge in [-0.2, -0.15) is 0 Å². The minimum atomic E-state index is -0.111. The Bertz CT molecular complexity index is 729. The van der Waals surface area contributed by atoms with E-state index in [-0.39, 0.29) is 29.9 Å². The van der Waals surface area contributed by atoms with Gasteiger partial charge in [-0.25, -0.2) is 0 Å². The van der Waals surface area contributed by atoms with Crippen molar-refractivity contribution < 1.29 is 9.59 Å². The Balaban J connectivity index is 1.39. The molecule has 2 amide bonds. The number of nitrogens with one attached hydrogen (secondary N) is 1. The molecule has 3 fully saturated rings. The molecular formula is C23H34N4O2. The van der Waals surface area contributed by atoms with Crippen LogP contribution in [0.25, 0.3) is 0 Å². The van der Waals surface area contributed by atoms with Gasteiger partial charge in [-0.3, -0.25) is 19.4 Å². The molecule has 3 atom stereocenters. The van der Waals surface area contributed by atoms with E-state index in [0.717, 1.165) is 51.9 Å². The van der Waals surface area contributed by atoms with Crippen molar-refractivity contribution in [3.05, 3.63) is 35.4 Å². The van der Waals surface area contributed by atoms with Crippen molar-refractivity contribution in [1.29, 1.82) is 0 Å². The van der Waals surface area contributed by atoms with E-state index in [9.17, 15) is 9.59 Å². The number of rotatable bonds is 5. The minimum Gasteiger partial charge on any atom is -0.353 e. The number of benzene rings is 1. The summed E-state index contributed by atoms with van der Waals surface area (Å²) in [5, 5.41) is 3.17. The molecule has 158 valence electrons. The summed E-state index contributed by atoms with van der Waals surface area (Å²) in [4.78, 5) is 32.1. The van der Waals surface area contributed by atoms with Gasteiger partial charge in [0.15, 0.2) is 0 Å². The molecule has 1 N–H and O–H groups in total. The van der Waals surface area contributed by atoms with Crippen molar-refractivity contribution in [3.8, 4) is 0 Å². The van der Waals surface area contributed by atoms with Crippen molar-refractivity contribution in [3.63, 3.8) is 0 Å². The Morgan fingerprint density at radius 1 is 1.14 bits per heavy atom. The molecule has 6 heteroatoms. The highest BCUT2D eigenvalue weighted by Gasteiger charge is 2.44. The molecule has 0 aromatic heterocycles. The standard InChI is InChI=1S/C23H34N4O2/c1-17-5-7-18(8-6-17)16-27-14-11-20-22(27)23(29)24-15-19(25(20)2)9-10-21(28)26-12-3-4-13-26/h5-8,19-20,22H,3-4,9-16H2,1-2H3,(H,24,29). The Hall–Kier alpha value is -1.92. The lowest BCUT2D eigenvalue weighted by atomic mass is 10.0. The van der Waals surface area contributed by atoms with Crippen molar-refractivity contribution in [2.45, 2.75) is 63.7 Å². The topological polar surface area (TPSA) is 55.9 Å². The molecule has 0 aliphatic carbocycles. The Morgan fingerprint density at radius 2 is 1.86 bits per heavy atom. The van der Waals surface area contributed by atoms with E-state index in [1.807, 2.05) is 4.90 Å². The number of fused-ring (bicyclic) bond motifs is 1. The fraction of sp³-hybridized carbons (Fsp3) is 0.652. The van der Waals surface area contributed by atoms with Crippen LogP contribution < -0.4 is 5.32 Å². The Morgan fingerprint density at radius 3 is 2.59 bits per heavy atom. The number of hydrogen-bond donors (Lipinski definition) is 1. The summed E-state index contributed by atoms with van der Waals surface area (Å²) >= 11 is 0. The van der Waals surface area contributed by atoms with Crippen molar-refractivity contribution in [1.82, 2.24) is 20.0 Å². The third-order valence-electron chi connectivity index (χ3n) is 7.01. The summed E-state index contributed by atoms with van der Waals surface area (Å²) in [6, 6.07) is 8.92. The van der Waals surface area contributed by atoms with E-state index in [1.165, 1.54) is 11.1 Å². The van der Waals surface area contributed by atoms with E-state index >= 15 is 0 Å². The van der Waals surface area contributed by atoms with Crippen LogP contribution in [0.5, 0.6) is 0 Å². The SMILES string of the molecule is Cc1ccc(CN2CCC3C2C(=O)NCC(CCC(=O)N2CCCC2)N3C)cc1. The zero-order chi connectivity index (χ0) is 20.4. The van der Waals surface area contributed by atoms with Crippen LogP contribution in [-0.4, -0.2) is 77.9 Å². The van der Waals surface area contributed by atoms with Crippen LogP contribution in [0.2, 0.25) is 0 Å². The third kappa shape index (κ3) is 4.48. The maximum atomic E-state index is 12.9. The second kappa shape index (κ2) is 8.84. The maximum Gasteiger partial charge on any atom is 0.239 e. The number of likely N-dealkylation sites (tertiary alicyclic amines) is 2. The number of aryl methyl sites for hydroxylation is 1. The second-order valence-electron chi connectivity index (χ2n) is 8.95. The Labute approximate surface area is 174 Å². The third-order valence-corrected chi connectivity index (χ3v) is 7.01. The van der Waals surface area contributed by atoms with Crippen molar-refractivity contribution in [2.24, 2.45) is 0 Å². The average Bonchev–Trinajstić information content (AvgIpc) is 3.37. The summed E-state index contributed by atoms with van der Waals surface area (Å²) in [5.74, 6) is 0.412. The number of carbonyl (C=O) groups excluding carboxylic acids is 2. The highest BCUT2D eigenvalue weighted by molar-refractivity contribution is 5.83. The molecule has 0 saturated carbocycles. The van der Waals surface area contributed by atoms with Gasteiger partial charge in [0.25, 0.3) is 0 Å². The summed E-state index contributed by atoms with van der Waals surface area (Å²) in [5.41, 5.74) is 2.51. The first kappa shape index (κ1) is 20.4. The van der Waals surface area contributed by atoms with E-state index < -0.39 is 0 Å². The lowest BCUT2D eigenvalue weighted by Gasteiger charge is -2.33. The van der Waals surface area contributed by atoms with Crippen LogP contribution in [0.3, 0.4) is 0 Å². The van der Waals surface area contributed by atoms with Crippen LogP contribution >= 0.6 is 0 Å². The van der Waals surface area contributed by atoms with E-state index in [0.29, 0.717) is 13.0 Å². The fourth-order valence-electron chi connectivity index (χ4n) is 5.17. The van der Waals surface area contributed by atoms with Gasteiger partial charge in [0.1, 0.15) is 6.04 Å². The highest BCUT2D eigenvalue weighted by atomic mass is 16.2. The predicted octanol–water partition coefficient (Wildman–Crippen LogP) is 1.77. The van der Waals surface area contributed by atoms with Crippen molar-refractivity contribution in [2.75, 3.05) is 33.2 Å². The number of carbonyl (C=O) groups is 2. The second-order valence-corrected chi connectivity index (χ2v) is 8.95. The largest absolute Gasteiger partial charge is 0.353 e. The molecule has 3 saturated heterocycles. The molecule has 29 heavy (non-hydrogen) atoms. The molecule has 1 aromatic rings. The number of amides is 2. The highest BCUT2D eigenvalue weighted by Crippen LogP contribution is 2.28. The molecule has 6 nitrogen and oxygen atoms in total. The first-order valence-electron chi connectivity index (χ1n) is 11.1. The van der Waals surface area contributed by atoms with Crippen LogP contribution in [0.1, 0.15) is 43.2 Å². The molecule has 3 aliphatic heterocycles. The van der Waals surface area contributed by atoms with Gasteiger partial charge in [0.05, 0.1) is 0 Å². The normalized spacial score (nSPS) is 28.3. The zero-order valence-electron chi connectivity index (χ0n) is 17.8. The van der Waals surface area contributed by atoms with Gasteiger partial charge in [0.2, 0.25) is 11.8 Å². The zero-order valence-corrected chi connectivity index (χ0v) is 17.8. The molecule has 3 aliphatic rings. The van der Waals surface area contributed by atoms with Crippen LogP contribution in [-0.2, 0) is 16.1 Å². The summed E-state index contributed by atoms with van der Waals surface area (Å²) < 4.78 is 0. The number of likely N-dealkylation sites (N-methyl/N-ethyl adjacent to an activating group) is 1. The van der Waals surface area contributed by atoms with Crippen LogP contribution in [0, 0.1) is 6.92 Å². The van der Waals surface area contributed by atoms with E-state index in [4.69, 9.17) is 0 Å². The van der Waals surface area contributed by atoms with Gasteiger partial charge < -0.3 is 10.2 Å². The van der Waals surface area contributed by atoms with Gasteiger partial charge in [-0.1, -0.05) is 29.8 Å².